The first-order chi connectivity index (χ1) is 6.69. The molecule has 0 bridgehead atoms. The monoisotopic (exact) mass is 195 g/mol. The van der Waals surface area contributed by atoms with E-state index in [1.54, 1.807) is 0 Å². The average Bonchev–Trinajstić information content (AvgIpc) is 2.54. The summed E-state index contributed by atoms with van der Waals surface area (Å²) in [6.45, 7) is 7.42. The molecule has 0 N–H and O–H groups in total. The third-order valence-corrected chi connectivity index (χ3v) is 2.01. The fraction of sp³-hybridized carbons (Fsp3) is 0.400. The van der Waals surface area contributed by atoms with Crippen LogP contribution in [0.5, 0.6) is 0 Å². The maximum atomic E-state index is 11.3. The molecule has 1 heterocycles. The second-order valence-electron chi connectivity index (χ2n) is 3.01. The molecule has 0 aromatic carbocycles. The van der Waals surface area contributed by atoms with Gasteiger partial charge in [-0.1, -0.05) is 12.2 Å². The zero-order chi connectivity index (χ0) is 10.6. The highest BCUT2D eigenvalue weighted by molar-refractivity contribution is 5.81. The maximum Gasteiger partial charge on any atom is 0.343 e. The fourth-order valence-corrected chi connectivity index (χ4v) is 1.18. The molecule has 0 unspecified atom stereocenters. The number of hydroxylamine groups is 2. The minimum atomic E-state index is -0.552. The molecule has 0 spiro atoms. The van der Waals surface area contributed by atoms with Crippen LogP contribution in [0.25, 0.3) is 0 Å². The molecule has 1 amide bonds. The van der Waals surface area contributed by atoms with Crippen LogP contribution in [-0.4, -0.2) is 23.5 Å². The Labute approximate surface area is 82.8 Å². The first kappa shape index (κ1) is 10.5. The molecule has 0 aliphatic carbocycles. The van der Waals surface area contributed by atoms with Gasteiger partial charge < -0.3 is 4.84 Å². The molecular weight excluding hydrogens is 182 g/mol. The van der Waals surface area contributed by atoms with Crippen LogP contribution in [0.15, 0.2) is 25.3 Å². The maximum absolute atomic E-state index is 11.3. The Morgan fingerprint density at radius 2 is 2.14 bits per heavy atom. The lowest BCUT2D eigenvalue weighted by molar-refractivity contribution is -0.194. The molecule has 1 rings (SSSR count). The Balaban J connectivity index is 2.51. The first-order valence-corrected chi connectivity index (χ1v) is 4.46. The molecule has 1 aliphatic heterocycles. The second-order valence-corrected chi connectivity index (χ2v) is 3.01. The van der Waals surface area contributed by atoms with Gasteiger partial charge in [-0.25, -0.2) is 4.79 Å². The molecule has 4 nitrogen and oxygen atoms in total. The molecule has 0 atom stereocenters. The third-order valence-electron chi connectivity index (χ3n) is 2.01. The van der Waals surface area contributed by atoms with Gasteiger partial charge in [-0.2, -0.15) is 5.06 Å². The zero-order valence-electron chi connectivity index (χ0n) is 7.94. The van der Waals surface area contributed by atoms with E-state index in [0.29, 0.717) is 13.0 Å². The molecule has 0 aromatic heterocycles. The highest BCUT2D eigenvalue weighted by Gasteiger charge is 2.25. The highest BCUT2D eigenvalue weighted by Crippen LogP contribution is 2.12. The van der Waals surface area contributed by atoms with Crippen molar-refractivity contribution in [3.63, 3.8) is 0 Å². The second kappa shape index (κ2) is 4.60. The van der Waals surface area contributed by atoms with E-state index in [1.165, 1.54) is 12.2 Å². The summed E-state index contributed by atoms with van der Waals surface area (Å²) in [7, 11) is 0. The number of carbonyl (C=O) groups excluding carboxylic acids is 2. The molecule has 76 valence electrons. The van der Waals surface area contributed by atoms with Gasteiger partial charge in [-0.3, -0.25) is 4.79 Å². The molecule has 0 aromatic rings. The van der Waals surface area contributed by atoms with Crippen LogP contribution in [0.2, 0.25) is 0 Å². The number of hydrogen-bond donors (Lipinski definition) is 0. The normalized spacial score (nSPS) is 15.8. The quantitative estimate of drug-likeness (QED) is 0.630. The van der Waals surface area contributed by atoms with Crippen molar-refractivity contribution in [2.24, 2.45) is 5.92 Å². The van der Waals surface area contributed by atoms with Crippen LogP contribution in [0.4, 0.5) is 0 Å². The lowest BCUT2D eigenvalue weighted by Gasteiger charge is -2.16. The van der Waals surface area contributed by atoms with Gasteiger partial charge in [0.2, 0.25) is 0 Å². The van der Waals surface area contributed by atoms with Crippen molar-refractivity contribution in [3.8, 4) is 0 Å². The lowest BCUT2D eigenvalue weighted by Crippen LogP contribution is -2.30. The molecule has 1 fully saturated rings. The largest absolute Gasteiger partial charge is 0.343 e. The smallest absolute Gasteiger partial charge is 0.337 e. The Hall–Kier alpha value is -1.58. The summed E-state index contributed by atoms with van der Waals surface area (Å²) in [5.74, 6) is -1.21. The first-order valence-electron chi connectivity index (χ1n) is 4.46. The molecule has 1 saturated heterocycles. The summed E-state index contributed by atoms with van der Waals surface area (Å²) < 4.78 is 0. The van der Waals surface area contributed by atoms with Gasteiger partial charge in [-0.05, 0) is 6.42 Å². The van der Waals surface area contributed by atoms with Crippen molar-refractivity contribution in [3.05, 3.63) is 25.3 Å². The summed E-state index contributed by atoms with van der Waals surface area (Å²) in [6.07, 6.45) is 4.03. The molecule has 0 radical (unpaired) electrons. The van der Waals surface area contributed by atoms with Crippen molar-refractivity contribution < 1.29 is 14.4 Å². The number of amides is 1. The summed E-state index contributed by atoms with van der Waals surface area (Å²) in [5.41, 5.74) is 0. The lowest BCUT2D eigenvalue weighted by atomic mass is 10.1. The topological polar surface area (TPSA) is 46.6 Å². The number of nitrogens with zero attached hydrogens (tertiary/aromatic N) is 1. The Kier molecular flexibility index (Phi) is 3.45. The van der Waals surface area contributed by atoms with Gasteiger partial charge in [0.15, 0.2) is 0 Å². The SMILES string of the molecule is C=CC(C=C)C(=O)ON1CCCC1=O. The predicted molar refractivity (Wildman–Crippen MR) is 50.9 cm³/mol. The number of rotatable bonds is 4. The number of hydrogen-bond acceptors (Lipinski definition) is 3. The van der Waals surface area contributed by atoms with Crippen LogP contribution in [0.3, 0.4) is 0 Å². The number of carbonyl (C=O) groups is 2. The minimum absolute atomic E-state index is 0.148. The molecule has 1 aliphatic rings. The molecule has 0 saturated carbocycles. The van der Waals surface area contributed by atoms with E-state index in [0.717, 1.165) is 11.5 Å². The van der Waals surface area contributed by atoms with Crippen LogP contribution < -0.4 is 0 Å². The van der Waals surface area contributed by atoms with Gasteiger partial charge in [0.25, 0.3) is 5.91 Å². The van der Waals surface area contributed by atoms with Crippen LogP contribution in [0, 0.1) is 5.92 Å². The molecular formula is C10H13NO3. The van der Waals surface area contributed by atoms with E-state index in [2.05, 4.69) is 13.2 Å². The van der Waals surface area contributed by atoms with Crippen molar-refractivity contribution in [1.82, 2.24) is 5.06 Å². The van der Waals surface area contributed by atoms with E-state index in [1.807, 2.05) is 0 Å². The summed E-state index contributed by atoms with van der Waals surface area (Å²) in [5, 5.41) is 1.10. The standard InChI is InChI=1S/C10H13NO3/c1-3-8(4-2)10(13)14-11-7-5-6-9(11)12/h3-4,8H,1-2,5-7H2. The van der Waals surface area contributed by atoms with Crippen molar-refractivity contribution in [2.75, 3.05) is 6.54 Å². The van der Waals surface area contributed by atoms with E-state index < -0.39 is 11.9 Å². The Morgan fingerprint density at radius 3 is 2.57 bits per heavy atom. The predicted octanol–water partition coefficient (Wildman–Crippen LogP) is 1.06. The minimum Gasteiger partial charge on any atom is -0.337 e. The molecule has 4 heteroatoms. The van der Waals surface area contributed by atoms with E-state index in [9.17, 15) is 9.59 Å². The van der Waals surface area contributed by atoms with Gasteiger partial charge in [0.1, 0.15) is 0 Å². The average molecular weight is 195 g/mol. The van der Waals surface area contributed by atoms with E-state index in [-0.39, 0.29) is 5.91 Å². The van der Waals surface area contributed by atoms with E-state index >= 15 is 0 Å². The van der Waals surface area contributed by atoms with Crippen molar-refractivity contribution in [1.29, 1.82) is 0 Å². The molecule has 14 heavy (non-hydrogen) atoms. The summed E-state index contributed by atoms with van der Waals surface area (Å²) in [6, 6.07) is 0. The van der Waals surface area contributed by atoms with Gasteiger partial charge >= 0.3 is 5.97 Å². The van der Waals surface area contributed by atoms with Crippen LogP contribution in [-0.2, 0) is 14.4 Å². The third kappa shape index (κ3) is 2.22. The Bertz CT molecular complexity index is 265. The summed E-state index contributed by atoms with van der Waals surface area (Å²) in [4.78, 5) is 27.3. The Morgan fingerprint density at radius 1 is 1.50 bits per heavy atom. The highest BCUT2D eigenvalue weighted by atomic mass is 16.7. The van der Waals surface area contributed by atoms with Crippen LogP contribution >= 0.6 is 0 Å². The zero-order valence-corrected chi connectivity index (χ0v) is 7.94. The van der Waals surface area contributed by atoms with Crippen LogP contribution in [0.1, 0.15) is 12.8 Å². The van der Waals surface area contributed by atoms with Crippen molar-refractivity contribution in [2.45, 2.75) is 12.8 Å². The van der Waals surface area contributed by atoms with Gasteiger partial charge in [0, 0.05) is 6.42 Å². The van der Waals surface area contributed by atoms with E-state index in [4.69, 9.17) is 4.84 Å². The summed E-state index contributed by atoms with van der Waals surface area (Å²) >= 11 is 0. The fourth-order valence-electron chi connectivity index (χ4n) is 1.18. The van der Waals surface area contributed by atoms with Gasteiger partial charge in [-0.15, -0.1) is 13.2 Å². The van der Waals surface area contributed by atoms with Gasteiger partial charge in [0.05, 0.1) is 12.5 Å². The van der Waals surface area contributed by atoms with Crippen molar-refractivity contribution >= 4 is 11.9 Å².